The Labute approximate surface area is 119 Å². The molecule has 20 heavy (non-hydrogen) atoms. The van der Waals surface area contributed by atoms with E-state index >= 15 is 0 Å². The molecule has 0 aliphatic heterocycles. The molecular weight excluding hydrogens is 276 g/mol. The Morgan fingerprint density at radius 1 is 1.10 bits per heavy atom. The summed E-state index contributed by atoms with van der Waals surface area (Å²) in [5, 5.41) is 2.51. The summed E-state index contributed by atoms with van der Waals surface area (Å²) >= 11 is 0. The molecule has 0 radical (unpaired) electrons. The molecule has 0 saturated carbocycles. The summed E-state index contributed by atoms with van der Waals surface area (Å²) < 4.78 is 14.9. The first kappa shape index (κ1) is 14.1. The second-order valence-electron chi connectivity index (χ2n) is 4.13. The van der Waals surface area contributed by atoms with Crippen LogP contribution in [0, 0.1) is 13.8 Å². The molecular formula is C13H14N4O2S. The molecule has 0 fully saturated rings. The predicted octanol–water partition coefficient (Wildman–Crippen LogP) is 1.80. The quantitative estimate of drug-likeness (QED) is 0.822. The molecule has 0 aliphatic rings. The van der Waals surface area contributed by atoms with Gasteiger partial charge in [0.15, 0.2) is 11.0 Å². The molecule has 1 unspecified atom stereocenters. The van der Waals surface area contributed by atoms with E-state index in [-0.39, 0.29) is 0 Å². The zero-order valence-corrected chi connectivity index (χ0v) is 11.9. The second kappa shape index (κ2) is 6.25. The molecule has 0 saturated heterocycles. The van der Waals surface area contributed by atoms with Crippen LogP contribution in [0.3, 0.4) is 0 Å². The average molecular weight is 290 g/mol. The molecule has 2 aromatic rings. The Bertz CT molecular complexity index is 623. The number of anilines is 2. The van der Waals surface area contributed by atoms with Crippen LogP contribution in [0.2, 0.25) is 0 Å². The zero-order chi connectivity index (χ0) is 14.5. The first-order valence-electron chi connectivity index (χ1n) is 5.89. The van der Waals surface area contributed by atoms with Crippen LogP contribution in [0.5, 0.6) is 0 Å². The van der Waals surface area contributed by atoms with Crippen molar-refractivity contribution in [3.8, 4) is 0 Å². The molecule has 1 atom stereocenters. The molecule has 1 heterocycles. The lowest BCUT2D eigenvalue weighted by Crippen LogP contribution is -2.09. The average Bonchev–Trinajstić information content (AvgIpc) is 2.38. The summed E-state index contributed by atoms with van der Waals surface area (Å²) in [5.41, 5.74) is 2.26. The molecule has 0 spiro atoms. The van der Waals surface area contributed by atoms with Crippen molar-refractivity contribution in [2.45, 2.75) is 18.7 Å². The molecule has 1 amide bonds. The van der Waals surface area contributed by atoms with Gasteiger partial charge in [-0.15, -0.1) is 0 Å². The summed E-state index contributed by atoms with van der Waals surface area (Å²) in [6.07, 6.45) is 0.591. The SMILES string of the molecule is Cc1cc(C)nc(NS(=O)c2ccc(NC=O)cc2)n1. The van der Waals surface area contributed by atoms with Crippen molar-refractivity contribution in [1.82, 2.24) is 9.97 Å². The fourth-order valence-electron chi connectivity index (χ4n) is 1.66. The third-order valence-electron chi connectivity index (χ3n) is 2.46. The van der Waals surface area contributed by atoms with Gasteiger partial charge in [-0.3, -0.25) is 9.52 Å². The van der Waals surface area contributed by atoms with Gasteiger partial charge in [0, 0.05) is 17.1 Å². The Morgan fingerprint density at radius 2 is 1.70 bits per heavy atom. The van der Waals surface area contributed by atoms with Crippen molar-refractivity contribution >= 4 is 29.0 Å². The first-order valence-corrected chi connectivity index (χ1v) is 7.04. The molecule has 104 valence electrons. The lowest BCUT2D eigenvalue weighted by molar-refractivity contribution is -0.105. The minimum absolute atomic E-state index is 0.330. The van der Waals surface area contributed by atoms with E-state index in [2.05, 4.69) is 20.0 Å². The maximum atomic E-state index is 12.1. The number of hydrogen-bond acceptors (Lipinski definition) is 4. The highest BCUT2D eigenvalue weighted by Gasteiger charge is 2.07. The number of nitrogens with zero attached hydrogens (tertiary/aromatic N) is 2. The van der Waals surface area contributed by atoms with Gasteiger partial charge in [0.1, 0.15) is 0 Å². The molecule has 0 aliphatic carbocycles. The highest BCUT2D eigenvalue weighted by atomic mass is 32.2. The summed E-state index contributed by atoms with van der Waals surface area (Å²) in [6.45, 7) is 3.70. The molecule has 2 rings (SSSR count). The van der Waals surface area contributed by atoms with Gasteiger partial charge in [-0.05, 0) is 44.2 Å². The van der Waals surface area contributed by atoms with Crippen molar-refractivity contribution in [2.24, 2.45) is 0 Å². The number of hydrogen-bond donors (Lipinski definition) is 2. The number of aryl methyl sites for hydroxylation is 2. The Morgan fingerprint density at radius 3 is 2.25 bits per heavy atom. The zero-order valence-electron chi connectivity index (χ0n) is 11.1. The van der Waals surface area contributed by atoms with Gasteiger partial charge in [0.2, 0.25) is 12.4 Å². The normalized spacial score (nSPS) is 11.7. The number of carbonyl (C=O) groups excluding carboxylic acids is 1. The van der Waals surface area contributed by atoms with E-state index in [0.29, 0.717) is 22.9 Å². The van der Waals surface area contributed by atoms with Crippen molar-refractivity contribution in [3.63, 3.8) is 0 Å². The molecule has 6 nitrogen and oxygen atoms in total. The fraction of sp³-hybridized carbons (Fsp3) is 0.154. The van der Waals surface area contributed by atoms with Crippen LogP contribution in [-0.2, 0) is 15.8 Å². The van der Waals surface area contributed by atoms with Crippen LogP contribution in [0.1, 0.15) is 11.4 Å². The summed E-state index contributed by atoms with van der Waals surface area (Å²) in [4.78, 5) is 19.2. The van der Waals surface area contributed by atoms with Crippen LogP contribution in [0.4, 0.5) is 11.6 Å². The van der Waals surface area contributed by atoms with E-state index in [1.165, 1.54) is 0 Å². The smallest absolute Gasteiger partial charge is 0.235 e. The van der Waals surface area contributed by atoms with Gasteiger partial charge in [-0.2, -0.15) is 0 Å². The maximum absolute atomic E-state index is 12.1. The monoisotopic (exact) mass is 290 g/mol. The standard InChI is InChI=1S/C13H14N4O2S/c1-9-7-10(2)16-13(15-9)17-20(19)12-5-3-11(4-6-12)14-8-18/h3-8H,1-2H3,(H,14,18)(H,15,16,17). The van der Waals surface area contributed by atoms with E-state index < -0.39 is 11.0 Å². The van der Waals surface area contributed by atoms with Gasteiger partial charge >= 0.3 is 0 Å². The minimum Gasteiger partial charge on any atom is -0.329 e. The summed E-state index contributed by atoms with van der Waals surface area (Å²) in [6, 6.07) is 8.51. The van der Waals surface area contributed by atoms with Crippen molar-refractivity contribution in [2.75, 3.05) is 10.0 Å². The van der Waals surface area contributed by atoms with Gasteiger partial charge in [-0.25, -0.2) is 14.2 Å². The summed E-state index contributed by atoms with van der Waals surface area (Å²) in [5.74, 6) is 0.330. The number of aromatic nitrogens is 2. The Kier molecular flexibility index (Phi) is 4.41. The topological polar surface area (TPSA) is 84.0 Å². The van der Waals surface area contributed by atoms with Crippen LogP contribution in [0.25, 0.3) is 0 Å². The number of rotatable bonds is 5. The van der Waals surface area contributed by atoms with E-state index in [1.807, 2.05) is 19.9 Å². The highest BCUT2D eigenvalue weighted by molar-refractivity contribution is 7.86. The number of amides is 1. The minimum atomic E-state index is -1.45. The van der Waals surface area contributed by atoms with Gasteiger partial charge in [0.05, 0.1) is 4.90 Å². The number of benzene rings is 1. The largest absolute Gasteiger partial charge is 0.329 e. The molecule has 1 aromatic heterocycles. The molecule has 2 N–H and O–H groups in total. The first-order chi connectivity index (χ1) is 9.58. The van der Waals surface area contributed by atoms with Gasteiger partial charge in [0.25, 0.3) is 0 Å². The van der Waals surface area contributed by atoms with E-state index in [0.717, 1.165) is 11.4 Å². The maximum Gasteiger partial charge on any atom is 0.235 e. The van der Waals surface area contributed by atoms with Crippen LogP contribution < -0.4 is 10.0 Å². The lowest BCUT2D eigenvalue weighted by atomic mass is 10.3. The third-order valence-corrected chi connectivity index (χ3v) is 3.53. The van der Waals surface area contributed by atoms with Crippen molar-refractivity contribution in [1.29, 1.82) is 0 Å². The van der Waals surface area contributed by atoms with Crippen LogP contribution in [-0.4, -0.2) is 20.6 Å². The third kappa shape index (κ3) is 3.61. The summed E-state index contributed by atoms with van der Waals surface area (Å²) in [7, 11) is -1.45. The van der Waals surface area contributed by atoms with Gasteiger partial charge < -0.3 is 5.32 Å². The predicted molar refractivity (Wildman–Crippen MR) is 77.7 cm³/mol. The second-order valence-corrected chi connectivity index (χ2v) is 5.34. The number of nitrogens with one attached hydrogen (secondary N) is 2. The van der Waals surface area contributed by atoms with Gasteiger partial charge in [-0.1, -0.05) is 0 Å². The lowest BCUT2D eigenvalue weighted by Gasteiger charge is -2.07. The highest BCUT2D eigenvalue weighted by Crippen LogP contribution is 2.13. The van der Waals surface area contributed by atoms with E-state index in [9.17, 15) is 9.00 Å². The van der Waals surface area contributed by atoms with E-state index in [4.69, 9.17) is 0 Å². The molecule has 7 heteroatoms. The van der Waals surface area contributed by atoms with Crippen molar-refractivity contribution < 1.29 is 9.00 Å². The van der Waals surface area contributed by atoms with Crippen LogP contribution >= 0.6 is 0 Å². The molecule has 0 bridgehead atoms. The Balaban J connectivity index is 2.13. The van der Waals surface area contributed by atoms with Crippen molar-refractivity contribution in [3.05, 3.63) is 41.7 Å². The van der Waals surface area contributed by atoms with E-state index in [1.54, 1.807) is 24.3 Å². The fourth-order valence-corrected chi connectivity index (χ4v) is 2.41. The Hall–Kier alpha value is -2.28. The van der Waals surface area contributed by atoms with Crippen LogP contribution in [0.15, 0.2) is 35.2 Å². The molecule has 1 aromatic carbocycles. The number of carbonyl (C=O) groups is 1.